The molecule has 0 amide bonds. The van der Waals surface area contributed by atoms with E-state index in [2.05, 4.69) is 0 Å². The van der Waals surface area contributed by atoms with Crippen molar-refractivity contribution in [3.63, 3.8) is 0 Å². The first-order valence-electron chi connectivity index (χ1n) is 4.18. The molecule has 0 aromatic carbocycles. The first-order chi connectivity index (χ1) is 5.52. The van der Waals surface area contributed by atoms with Crippen LogP contribution in [-0.2, 0) is 10.1 Å². The Balaban J connectivity index is 0. The van der Waals surface area contributed by atoms with Crippen molar-refractivity contribution in [1.29, 1.82) is 0 Å². The summed E-state index contributed by atoms with van der Waals surface area (Å²) in [6.45, 7) is 2.04. The molecule has 3 N–H and O–H groups in total. The van der Waals surface area contributed by atoms with Crippen LogP contribution in [0.3, 0.4) is 0 Å². The van der Waals surface area contributed by atoms with Crippen LogP contribution < -0.4 is 5.73 Å². The van der Waals surface area contributed by atoms with Gasteiger partial charge in [-0.3, -0.25) is 4.55 Å². The molecule has 13 heavy (non-hydrogen) atoms. The predicted octanol–water partition coefficient (Wildman–Crippen LogP) is 1.42. The molecule has 1 unspecified atom stereocenters. The number of unbranched alkanes of at least 4 members (excludes halogenated alkanes) is 2. The Hall–Kier alpha value is -0.130. The van der Waals surface area contributed by atoms with Crippen LogP contribution in [0.5, 0.6) is 0 Å². The first-order valence-corrected chi connectivity index (χ1v) is 5.69. The SMILES string of the molecule is C.CCCCCC(CN)S(=O)(=O)O. The van der Waals surface area contributed by atoms with E-state index >= 15 is 0 Å². The Morgan fingerprint density at radius 2 is 1.92 bits per heavy atom. The van der Waals surface area contributed by atoms with E-state index in [0.717, 1.165) is 19.3 Å². The van der Waals surface area contributed by atoms with Crippen molar-refractivity contribution >= 4 is 10.1 Å². The lowest BCUT2D eigenvalue weighted by Crippen LogP contribution is -2.29. The van der Waals surface area contributed by atoms with Gasteiger partial charge in [0.25, 0.3) is 10.1 Å². The molecule has 82 valence electrons. The number of hydrogen-bond donors (Lipinski definition) is 2. The van der Waals surface area contributed by atoms with Gasteiger partial charge in [0.15, 0.2) is 0 Å². The monoisotopic (exact) mass is 211 g/mol. The summed E-state index contributed by atoms with van der Waals surface area (Å²) in [5.41, 5.74) is 5.20. The molecule has 0 aliphatic carbocycles. The summed E-state index contributed by atoms with van der Waals surface area (Å²) in [4.78, 5) is 0. The lowest BCUT2D eigenvalue weighted by molar-refractivity contribution is 0.458. The van der Waals surface area contributed by atoms with Gasteiger partial charge in [0.1, 0.15) is 0 Å². The molecule has 0 heterocycles. The Bertz CT molecular complexity index is 201. The van der Waals surface area contributed by atoms with Crippen LogP contribution in [0.1, 0.15) is 40.0 Å². The molecule has 0 aliphatic heterocycles. The molecule has 0 aliphatic rings. The van der Waals surface area contributed by atoms with Gasteiger partial charge in [0.2, 0.25) is 0 Å². The third-order valence-electron chi connectivity index (χ3n) is 1.81. The molecule has 0 saturated heterocycles. The number of nitrogens with two attached hydrogens (primary N) is 1. The minimum absolute atomic E-state index is 0. The minimum atomic E-state index is -3.92. The lowest BCUT2D eigenvalue weighted by Gasteiger charge is -2.09. The summed E-state index contributed by atoms with van der Waals surface area (Å²) in [6, 6.07) is 0. The van der Waals surface area contributed by atoms with Gasteiger partial charge in [0, 0.05) is 6.54 Å². The molecule has 0 spiro atoms. The lowest BCUT2D eigenvalue weighted by atomic mass is 10.1. The van der Waals surface area contributed by atoms with Crippen molar-refractivity contribution in [2.75, 3.05) is 6.54 Å². The molecule has 0 aromatic rings. The molecular formula is C8H21NO3S. The predicted molar refractivity (Wildman–Crippen MR) is 55.3 cm³/mol. The summed E-state index contributed by atoms with van der Waals surface area (Å²) in [5.74, 6) is 0. The molecule has 0 rings (SSSR count). The average Bonchev–Trinajstić information content (AvgIpc) is 1.95. The molecule has 0 aromatic heterocycles. The fourth-order valence-electron chi connectivity index (χ4n) is 1.01. The van der Waals surface area contributed by atoms with Gasteiger partial charge in [-0.25, -0.2) is 0 Å². The third kappa shape index (κ3) is 6.98. The molecule has 4 nitrogen and oxygen atoms in total. The van der Waals surface area contributed by atoms with Crippen LogP contribution in [-0.4, -0.2) is 24.8 Å². The average molecular weight is 211 g/mol. The standard InChI is InChI=1S/C7H17NO3S.CH4/c1-2-3-4-5-7(6-8)12(9,10)11;/h7H,2-6,8H2,1H3,(H,9,10,11);1H4. The van der Waals surface area contributed by atoms with Crippen molar-refractivity contribution in [2.45, 2.75) is 45.3 Å². The Morgan fingerprint density at radius 3 is 2.23 bits per heavy atom. The Labute approximate surface area is 81.3 Å². The summed E-state index contributed by atoms with van der Waals surface area (Å²) in [7, 11) is -3.92. The van der Waals surface area contributed by atoms with Crippen molar-refractivity contribution in [3.8, 4) is 0 Å². The maximum atomic E-state index is 10.6. The van der Waals surface area contributed by atoms with E-state index in [1.54, 1.807) is 0 Å². The van der Waals surface area contributed by atoms with Gasteiger partial charge in [-0.15, -0.1) is 0 Å². The molecular weight excluding hydrogens is 190 g/mol. The van der Waals surface area contributed by atoms with E-state index in [0.29, 0.717) is 6.42 Å². The topological polar surface area (TPSA) is 80.4 Å². The van der Waals surface area contributed by atoms with Gasteiger partial charge in [0.05, 0.1) is 5.25 Å². The Kier molecular flexibility index (Phi) is 8.61. The third-order valence-corrected chi connectivity index (χ3v) is 3.08. The van der Waals surface area contributed by atoms with Crippen molar-refractivity contribution < 1.29 is 13.0 Å². The molecule has 5 heteroatoms. The maximum Gasteiger partial charge on any atom is 0.269 e. The van der Waals surface area contributed by atoms with Crippen LogP contribution in [0.15, 0.2) is 0 Å². The molecule has 0 bridgehead atoms. The van der Waals surface area contributed by atoms with Gasteiger partial charge >= 0.3 is 0 Å². The van der Waals surface area contributed by atoms with Gasteiger partial charge < -0.3 is 5.73 Å². The van der Waals surface area contributed by atoms with E-state index < -0.39 is 15.4 Å². The summed E-state index contributed by atoms with van der Waals surface area (Å²) >= 11 is 0. The highest BCUT2D eigenvalue weighted by Gasteiger charge is 2.19. The fraction of sp³-hybridized carbons (Fsp3) is 1.00. The van der Waals surface area contributed by atoms with Crippen LogP contribution in [0.25, 0.3) is 0 Å². The van der Waals surface area contributed by atoms with Crippen molar-refractivity contribution in [2.24, 2.45) is 5.73 Å². The van der Waals surface area contributed by atoms with Crippen molar-refractivity contribution in [1.82, 2.24) is 0 Å². The van der Waals surface area contributed by atoms with E-state index in [9.17, 15) is 8.42 Å². The normalized spacial score (nSPS) is 13.5. The smallest absolute Gasteiger partial charge is 0.269 e. The minimum Gasteiger partial charge on any atom is -0.329 e. The second-order valence-corrected chi connectivity index (χ2v) is 4.57. The first kappa shape index (κ1) is 15.3. The molecule has 0 fully saturated rings. The zero-order valence-corrected chi connectivity index (χ0v) is 8.18. The maximum absolute atomic E-state index is 10.6. The van der Waals surface area contributed by atoms with Crippen LogP contribution in [0, 0.1) is 0 Å². The highest BCUT2D eigenvalue weighted by Crippen LogP contribution is 2.08. The van der Waals surface area contributed by atoms with Gasteiger partial charge in [-0.1, -0.05) is 33.6 Å². The zero-order chi connectivity index (χ0) is 9.61. The molecule has 1 atom stereocenters. The second kappa shape index (κ2) is 7.29. The molecule has 0 radical (unpaired) electrons. The van der Waals surface area contributed by atoms with E-state index in [1.165, 1.54) is 0 Å². The van der Waals surface area contributed by atoms with Crippen LogP contribution >= 0.6 is 0 Å². The van der Waals surface area contributed by atoms with E-state index in [-0.39, 0.29) is 14.0 Å². The highest BCUT2D eigenvalue weighted by molar-refractivity contribution is 7.86. The van der Waals surface area contributed by atoms with Crippen LogP contribution in [0.2, 0.25) is 0 Å². The number of rotatable bonds is 6. The molecule has 0 saturated carbocycles. The summed E-state index contributed by atoms with van der Waals surface area (Å²) in [6.07, 6.45) is 3.27. The van der Waals surface area contributed by atoms with E-state index in [1.807, 2.05) is 6.92 Å². The summed E-state index contributed by atoms with van der Waals surface area (Å²) in [5, 5.41) is -0.774. The zero-order valence-electron chi connectivity index (χ0n) is 7.36. The number of hydrogen-bond acceptors (Lipinski definition) is 3. The van der Waals surface area contributed by atoms with Gasteiger partial charge in [-0.05, 0) is 6.42 Å². The largest absolute Gasteiger partial charge is 0.329 e. The van der Waals surface area contributed by atoms with Crippen molar-refractivity contribution in [3.05, 3.63) is 0 Å². The van der Waals surface area contributed by atoms with E-state index in [4.69, 9.17) is 10.3 Å². The highest BCUT2D eigenvalue weighted by atomic mass is 32.2. The van der Waals surface area contributed by atoms with Gasteiger partial charge in [-0.2, -0.15) is 8.42 Å². The van der Waals surface area contributed by atoms with Crippen LogP contribution in [0.4, 0.5) is 0 Å². The second-order valence-electron chi connectivity index (χ2n) is 2.87. The quantitative estimate of drug-likeness (QED) is 0.514. The Morgan fingerprint density at radius 1 is 1.38 bits per heavy atom. The fourth-order valence-corrected chi connectivity index (χ4v) is 1.72. The summed E-state index contributed by atoms with van der Waals surface area (Å²) < 4.78 is 29.9.